The van der Waals surface area contributed by atoms with Gasteiger partial charge in [0.1, 0.15) is 12.4 Å². The number of alkyl halides is 1. The van der Waals surface area contributed by atoms with Crippen LogP contribution < -0.4 is 5.32 Å². The number of carbonyl (C=O) groups is 1. The molecule has 0 saturated carbocycles. The van der Waals surface area contributed by atoms with Crippen molar-refractivity contribution < 1.29 is 23.8 Å². The van der Waals surface area contributed by atoms with E-state index in [-0.39, 0.29) is 12.5 Å². The van der Waals surface area contributed by atoms with Gasteiger partial charge in [-0.05, 0) is 44.3 Å². The fourth-order valence-corrected chi connectivity index (χ4v) is 3.39. The van der Waals surface area contributed by atoms with Crippen LogP contribution in [0.1, 0.15) is 33.6 Å². The molecule has 1 unspecified atom stereocenters. The standard InChI is InChI=1S/C20H33FN2O4/c1-15-12-16(4-10-26-11-5-21)13-18(27-20(2,3)19(24)25)17(15)14-23-8-6-22-7-9-23/h13,15,22H,4-12,14H2,1-3H3,(H,24,25). The average Bonchev–Trinajstić information content (AvgIpc) is 2.62. The maximum atomic E-state index is 12.2. The quantitative estimate of drug-likeness (QED) is 0.564. The monoisotopic (exact) mass is 384 g/mol. The van der Waals surface area contributed by atoms with Crippen LogP contribution in [0.2, 0.25) is 0 Å². The van der Waals surface area contributed by atoms with Crippen molar-refractivity contribution in [1.82, 2.24) is 10.2 Å². The SMILES string of the molecule is CC1CC(CCOCCF)=CC(OC(C)(C)C(=O)O)=C1CN1CCNCC1. The first-order valence-corrected chi connectivity index (χ1v) is 9.75. The normalized spacial score (nSPS) is 21.9. The molecule has 1 saturated heterocycles. The van der Waals surface area contributed by atoms with Crippen LogP contribution in [0.3, 0.4) is 0 Å². The largest absolute Gasteiger partial charge is 0.478 e. The molecular formula is C20H33FN2O4. The summed E-state index contributed by atoms with van der Waals surface area (Å²) in [5, 5.41) is 12.8. The number of rotatable bonds is 10. The van der Waals surface area contributed by atoms with Gasteiger partial charge in [0.25, 0.3) is 0 Å². The maximum Gasteiger partial charge on any atom is 0.347 e. The second-order valence-corrected chi connectivity index (χ2v) is 7.79. The van der Waals surface area contributed by atoms with Gasteiger partial charge in [-0.1, -0.05) is 12.5 Å². The topological polar surface area (TPSA) is 71.0 Å². The predicted molar refractivity (Wildman–Crippen MR) is 102 cm³/mol. The molecule has 1 atom stereocenters. The summed E-state index contributed by atoms with van der Waals surface area (Å²) in [6.45, 7) is 10.1. The van der Waals surface area contributed by atoms with Crippen LogP contribution >= 0.6 is 0 Å². The molecule has 0 amide bonds. The third kappa shape index (κ3) is 6.59. The number of hydrogen-bond donors (Lipinski definition) is 2. The minimum atomic E-state index is -1.30. The van der Waals surface area contributed by atoms with Crippen LogP contribution in [0.4, 0.5) is 4.39 Å². The molecule has 154 valence electrons. The number of allylic oxidation sites excluding steroid dienone is 1. The zero-order valence-electron chi connectivity index (χ0n) is 16.7. The lowest BCUT2D eigenvalue weighted by molar-refractivity contribution is -0.156. The highest BCUT2D eigenvalue weighted by Gasteiger charge is 2.33. The Bertz CT molecular complexity index is 568. The molecule has 0 bridgehead atoms. The van der Waals surface area contributed by atoms with Crippen LogP contribution in [0.15, 0.2) is 23.0 Å². The van der Waals surface area contributed by atoms with Gasteiger partial charge >= 0.3 is 5.97 Å². The van der Waals surface area contributed by atoms with Gasteiger partial charge in [-0.25, -0.2) is 9.18 Å². The van der Waals surface area contributed by atoms with E-state index in [4.69, 9.17) is 9.47 Å². The average molecular weight is 384 g/mol. The minimum absolute atomic E-state index is 0.113. The zero-order chi connectivity index (χ0) is 19.9. The molecule has 0 aromatic heterocycles. The summed E-state index contributed by atoms with van der Waals surface area (Å²) in [6.07, 6.45) is 3.56. The third-order valence-electron chi connectivity index (χ3n) is 5.09. The second kappa shape index (κ2) is 10.2. The number of ether oxygens (including phenoxy) is 2. The van der Waals surface area contributed by atoms with Gasteiger partial charge in [0.05, 0.1) is 13.2 Å². The number of nitrogens with one attached hydrogen (secondary N) is 1. The molecule has 1 fully saturated rings. The molecule has 1 aliphatic heterocycles. The van der Waals surface area contributed by atoms with E-state index >= 15 is 0 Å². The van der Waals surface area contributed by atoms with Crippen molar-refractivity contribution in [2.75, 3.05) is 52.6 Å². The number of halogens is 1. The van der Waals surface area contributed by atoms with Gasteiger partial charge in [0.2, 0.25) is 0 Å². The highest BCUT2D eigenvalue weighted by atomic mass is 19.1. The third-order valence-corrected chi connectivity index (χ3v) is 5.09. The van der Waals surface area contributed by atoms with Crippen molar-refractivity contribution in [2.45, 2.75) is 39.2 Å². The molecule has 2 rings (SSSR count). The van der Waals surface area contributed by atoms with E-state index in [9.17, 15) is 14.3 Å². The first kappa shape index (κ1) is 21.9. The van der Waals surface area contributed by atoms with E-state index in [0.717, 1.165) is 50.3 Å². The van der Waals surface area contributed by atoms with E-state index in [2.05, 4.69) is 17.1 Å². The number of piperazine rings is 1. The lowest BCUT2D eigenvalue weighted by Gasteiger charge is -2.34. The highest BCUT2D eigenvalue weighted by molar-refractivity contribution is 5.76. The van der Waals surface area contributed by atoms with E-state index in [1.54, 1.807) is 13.8 Å². The molecule has 27 heavy (non-hydrogen) atoms. The maximum absolute atomic E-state index is 12.2. The molecule has 0 spiro atoms. The van der Waals surface area contributed by atoms with Crippen molar-refractivity contribution in [3.63, 3.8) is 0 Å². The van der Waals surface area contributed by atoms with Crippen molar-refractivity contribution in [2.24, 2.45) is 5.92 Å². The Labute approximate surface area is 161 Å². The summed E-state index contributed by atoms with van der Waals surface area (Å²) < 4.78 is 23.4. The van der Waals surface area contributed by atoms with Crippen LogP contribution in [0, 0.1) is 5.92 Å². The van der Waals surface area contributed by atoms with Crippen LogP contribution in [-0.2, 0) is 14.3 Å². The van der Waals surface area contributed by atoms with E-state index in [0.29, 0.717) is 18.8 Å². The molecule has 0 radical (unpaired) electrons. The molecule has 2 aliphatic rings. The summed E-state index contributed by atoms with van der Waals surface area (Å²) in [4.78, 5) is 13.9. The van der Waals surface area contributed by atoms with Gasteiger partial charge < -0.3 is 19.9 Å². The molecule has 2 N–H and O–H groups in total. The number of carboxylic acids is 1. The Morgan fingerprint density at radius 3 is 2.70 bits per heavy atom. The number of nitrogens with zero attached hydrogens (tertiary/aromatic N) is 1. The number of aliphatic carboxylic acids is 1. The van der Waals surface area contributed by atoms with Gasteiger partial charge in [-0.2, -0.15) is 0 Å². The lowest BCUT2D eigenvalue weighted by atomic mass is 9.85. The minimum Gasteiger partial charge on any atom is -0.478 e. The Balaban J connectivity index is 2.19. The molecule has 6 nitrogen and oxygen atoms in total. The highest BCUT2D eigenvalue weighted by Crippen LogP contribution is 2.34. The zero-order valence-corrected chi connectivity index (χ0v) is 16.7. The first-order chi connectivity index (χ1) is 12.8. The summed E-state index contributed by atoms with van der Waals surface area (Å²) in [6, 6.07) is 0. The van der Waals surface area contributed by atoms with Crippen molar-refractivity contribution >= 4 is 5.97 Å². The molecule has 7 heteroatoms. The smallest absolute Gasteiger partial charge is 0.347 e. The molecule has 1 heterocycles. The Kier molecular flexibility index (Phi) is 8.26. The van der Waals surface area contributed by atoms with E-state index in [1.165, 1.54) is 0 Å². The Morgan fingerprint density at radius 2 is 2.07 bits per heavy atom. The second-order valence-electron chi connectivity index (χ2n) is 7.79. The van der Waals surface area contributed by atoms with Gasteiger partial charge in [0, 0.05) is 32.7 Å². The van der Waals surface area contributed by atoms with Crippen LogP contribution in [0.25, 0.3) is 0 Å². The van der Waals surface area contributed by atoms with Crippen molar-refractivity contribution in [1.29, 1.82) is 0 Å². The Morgan fingerprint density at radius 1 is 1.37 bits per heavy atom. The van der Waals surface area contributed by atoms with Crippen LogP contribution in [-0.4, -0.2) is 74.2 Å². The van der Waals surface area contributed by atoms with Crippen LogP contribution in [0.5, 0.6) is 0 Å². The molecule has 0 aromatic carbocycles. The van der Waals surface area contributed by atoms with Crippen molar-refractivity contribution in [3.8, 4) is 0 Å². The van der Waals surface area contributed by atoms with E-state index in [1.807, 2.05) is 6.08 Å². The number of hydrogen-bond acceptors (Lipinski definition) is 5. The molecule has 0 aromatic rings. The molecule has 1 aliphatic carbocycles. The van der Waals surface area contributed by atoms with Crippen molar-refractivity contribution in [3.05, 3.63) is 23.0 Å². The first-order valence-electron chi connectivity index (χ1n) is 9.75. The fourth-order valence-electron chi connectivity index (χ4n) is 3.39. The lowest BCUT2D eigenvalue weighted by Crippen LogP contribution is -2.45. The Hall–Kier alpha value is -1.44. The van der Waals surface area contributed by atoms with Gasteiger partial charge in [-0.15, -0.1) is 0 Å². The number of carboxylic acid groups (broad SMARTS) is 1. The summed E-state index contributed by atoms with van der Waals surface area (Å²) in [5.74, 6) is -0.0585. The summed E-state index contributed by atoms with van der Waals surface area (Å²) in [7, 11) is 0. The fraction of sp³-hybridized carbons (Fsp3) is 0.750. The van der Waals surface area contributed by atoms with Gasteiger partial charge in [-0.3, -0.25) is 4.90 Å². The molecular weight excluding hydrogens is 351 g/mol. The predicted octanol–water partition coefficient (Wildman–Crippen LogP) is 2.37. The van der Waals surface area contributed by atoms with E-state index < -0.39 is 18.2 Å². The van der Waals surface area contributed by atoms with Gasteiger partial charge in [0.15, 0.2) is 5.60 Å². The summed E-state index contributed by atoms with van der Waals surface area (Å²) in [5.41, 5.74) is 1.01. The summed E-state index contributed by atoms with van der Waals surface area (Å²) >= 11 is 0.